The molecular weight excluding hydrogens is 352 g/mol. The number of hydrogen-bond donors (Lipinski definition) is 1. The van der Waals surface area contributed by atoms with E-state index >= 15 is 0 Å². The van der Waals surface area contributed by atoms with Crippen molar-refractivity contribution in [2.24, 2.45) is 0 Å². The number of aromatic nitrogens is 5. The van der Waals surface area contributed by atoms with Gasteiger partial charge in [-0.3, -0.25) is 14.2 Å². The molecule has 0 aliphatic rings. The second-order valence-corrected chi connectivity index (χ2v) is 6.54. The van der Waals surface area contributed by atoms with Crippen molar-refractivity contribution in [1.29, 1.82) is 0 Å². The van der Waals surface area contributed by atoms with Crippen LogP contribution in [0, 0.1) is 0 Å². The molecule has 4 aromatic rings. The zero-order valence-corrected chi connectivity index (χ0v) is 15.7. The molecule has 0 aliphatic carbocycles. The van der Waals surface area contributed by atoms with E-state index in [-0.39, 0.29) is 5.91 Å². The van der Waals surface area contributed by atoms with Crippen LogP contribution in [0.2, 0.25) is 0 Å². The molecule has 0 atom stereocenters. The van der Waals surface area contributed by atoms with Crippen molar-refractivity contribution in [3.05, 3.63) is 66.7 Å². The largest absolute Gasteiger partial charge is 0.352 e. The van der Waals surface area contributed by atoms with Crippen molar-refractivity contribution in [1.82, 2.24) is 29.9 Å². The summed E-state index contributed by atoms with van der Waals surface area (Å²) in [6.07, 6.45) is 8.21. The molecule has 1 aromatic carbocycles. The lowest BCUT2D eigenvalue weighted by molar-refractivity contribution is 0.0954. The number of amides is 1. The molecule has 7 heteroatoms. The molecule has 7 nitrogen and oxygen atoms in total. The minimum atomic E-state index is -0.0943. The van der Waals surface area contributed by atoms with E-state index in [1.807, 2.05) is 65.1 Å². The third kappa shape index (κ3) is 3.78. The Morgan fingerprint density at radius 3 is 2.82 bits per heavy atom. The Bertz CT molecular complexity index is 1080. The minimum Gasteiger partial charge on any atom is -0.352 e. The van der Waals surface area contributed by atoms with E-state index in [0.29, 0.717) is 12.1 Å². The zero-order chi connectivity index (χ0) is 19.3. The van der Waals surface area contributed by atoms with Crippen molar-refractivity contribution < 1.29 is 4.79 Å². The van der Waals surface area contributed by atoms with E-state index in [0.717, 1.165) is 41.7 Å². The van der Waals surface area contributed by atoms with Crippen LogP contribution < -0.4 is 5.32 Å². The monoisotopic (exact) mass is 374 g/mol. The highest BCUT2D eigenvalue weighted by Gasteiger charge is 2.14. The highest BCUT2D eigenvalue weighted by atomic mass is 16.1. The number of carbonyl (C=O) groups excluding carboxylic acids is 1. The molecule has 0 bridgehead atoms. The van der Waals surface area contributed by atoms with E-state index in [1.54, 1.807) is 12.4 Å². The van der Waals surface area contributed by atoms with E-state index in [4.69, 9.17) is 4.98 Å². The fraction of sp³-hybridized carbons (Fsp3) is 0.238. The van der Waals surface area contributed by atoms with Crippen molar-refractivity contribution in [3.63, 3.8) is 0 Å². The summed E-state index contributed by atoms with van der Waals surface area (Å²) in [4.78, 5) is 17.6. The van der Waals surface area contributed by atoms with Gasteiger partial charge < -0.3 is 5.32 Å². The summed E-state index contributed by atoms with van der Waals surface area (Å²) in [6, 6.07) is 11.5. The fourth-order valence-electron chi connectivity index (χ4n) is 3.15. The molecule has 1 N–H and O–H groups in total. The number of para-hydroxylation sites is 1. The third-order valence-corrected chi connectivity index (χ3v) is 4.62. The van der Waals surface area contributed by atoms with E-state index < -0.39 is 0 Å². The average molecular weight is 374 g/mol. The van der Waals surface area contributed by atoms with Gasteiger partial charge in [-0.2, -0.15) is 10.2 Å². The summed E-state index contributed by atoms with van der Waals surface area (Å²) in [5.74, 6) is -0.0943. The molecule has 3 heterocycles. The standard InChI is InChI=1S/C21H22N6O/c1-2-26-15-16(14-24-26)20-13-18(17-7-3-4-8-19(17)25-20)21(28)22-9-5-11-27-12-6-10-23-27/h3-4,6-8,10,12-15H,2,5,9,11H2,1H3,(H,22,28). The lowest BCUT2D eigenvalue weighted by Gasteiger charge is -2.10. The smallest absolute Gasteiger partial charge is 0.252 e. The Labute approximate surface area is 163 Å². The predicted octanol–water partition coefficient (Wildman–Crippen LogP) is 3.13. The SMILES string of the molecule is CCn1cc(-c2cc(C(=O)NCCCn3cccn3)c3ccccc3n2)cn1. The molecule has 28 heavy (non-hydrogen) atoms. The fourth-order valence-corrected chi connectivity index (χ4v) is 3.15. The van der Waals surface area contributed by atoms with Gasteiger partial charge in [0.15, 0.2) is 0 Å². The average Bonchev–Trinajstić information content (AvgIpc) is 3.42. The Morgan fingerprint density at radius 2 is 2.04 bits per heavy atom. The molecule has 1 amide bonds. The van der Waals surface area contributed by atoms with Crippen LogP contribution >= 0.6 is 0 Å². The first kappa shape index (κ1) is 17.9. The van der Waals surface area contributed by atoms with Crippen LogP contribution in [0.5, 0.6) is 0 Å². The predicted molar refractivity (Wildman–Crippen MR) is 108 cm³/mol. The first-order valence-corrected chi connectivity index (χ1v) is 9.43. The lowest BCUT2D eigenvalue weighted by Crippen LogP contribution is -2.25. The second-order valence-electron chi connectivity index (χ2n) is 6.54. The van der Waals surface area contributed by atoms with Crippen molar-refractivity contribution in [2.45, 2.75) is 26.4 Å². The van der Waals surface area contributed by atoms with Gasteiger partial charge in [-0.05, 0) is 31.5 Å². The molecule has 142 valence electrons. The van der Waals surface area contributed by atoms with E-state index in [2.05, 4.69) is 15.5 Å². The van der Waals surface area contributed by atoms with Crippen LogP contribution in [0.15, 0.2) is 61.2 Å². The molecule has 0 spiro atoms. The van der Waals surface area contributed by atoms with Gasteiger partial charge in [-0.25, -0.2) is 4.98 Å². The van der Waals surface area contributed by atoms with Gasteiger partial charge in [-0.15, -0.1) is 0 Å². The number of aryl methyl sites for hydroxylation is 2. The van der Waals surface area contributed by atoms with E-state index in [9.17, 15) is 4.79 Å². The number of benzene rings is 1. The molecule has 0 fully saturated rings. The van der Waals surface area contributed by atoms with Crippen LogP contribution in [0.1, 0.15) is 23.7 Å². The summed E-state index contributed by atoms with van der Waals surface area (Å²) in [5, 5.41) is 12.4. The van der Waals surface area contributed by atoms with E-state index in [1.165, 1.54) is 0 Å². The first-order chi connectivity index (χ1) is 13.7. The second kappa shape index (κ2) is 8.04. The number of rotatable bonds is 7. The topological polar surface area (TPSA) is 77.6 Å². The minimum absolute atomic E-state index is 0.0943. The molecule has 0 radical (unpaired) electrons. The lowest BCUT2D eigenvalue weighted by atomic mass is 10.0. The van der Waals surface area contributed by atoms with Crippen LogP contribution in [-0.4, -0.2) is 37.0 Å². The van der Waals surface area contributed by atoms with Crippen LogP contribution in [0.4, 0.5) is 0 Å². The maximum Gasteiger partial charge on any atom is 0.252 e. The number of nitrogens with one attached hydrogen (secondary N) is 1. The first-order valence-electron chi connectivity index (χ1n) is 9.43. The van der Waals surface area contributed by atoms with Gasteiger partial charge in [0.25, 0.3) is 5.91 Å². The van der Waals surface area contributed by atoms with Gasteiger partial charge in [0.2, 0.25) is 0 Å². The quantitative estimate of drug-likeness (QED) is 0.504. The normalized spacial score (nSPS) is 11.0. The maximum absolute atomic E-state index is 12.9. The Hall–Kier alpha value is -3.48. The van der Waals surface area contributed by atoms with Crippen LogP contribution in [-0.2, 0) is 13.1 Å². The number of fused-ring (bicyclic) bond motifs is 1. The molecule has 0 saturated heterocycles. The summed E-state index contributed by atoms with van der Waals surface area (Å²) >= 11 is 0. The zero-order valence-electron chi connectivity index (χ0n) is 15.7. The van der Waals surface area contributed by atoms with Gasteiger partial charge in [0, 0.05) is 49.2 Å². The molecule has 0 saturated carbocycles. The molecular formula is C21H22N6O. The number of hydrogen-bond acceptors (Lipinski definition) is 4. The Kier molecular flexibility index (Phi) is 5.14. The molecule has 3 aromatic heterocycles. The highest BCUT2D eigenvalue weighted by Crippen LogP contribution is 2.24. The van der Waals surface area contributed by atoms with Crippen molar-refractivity contribution in [2.75, 3.05) is 6.54 Å². The number of carbonyl (C=O) groups is 1. The molecule has 0 unspecified atom stereocenters. The summed E-state index contributed by atoms with van der Waals surface area (Å²) in [5.41, 5.74) is 3.08. The van der Waals surface area contributed by atoms with Crippen LogP contribution in [0.25, 0.3) is 22.2 Å². The summed E-state index contributed by atoms with van der Waals surface area (Å²) in [7, 11) is 0. The highest BCUT2D eigenvalue weighted by molar-refractivity contribution is 6.07. The summed E-state index contributed by atoms with van der Waals surface area (Å²) in [6.45, 7) is 4.17. The number of nitrogens with zero attached hydrogens (tertiary/aromatic N) is 5. The number of pyridine rings is 1. The summed E-state index contributed by atoms with van der Waals surface area (Å²) < 4.78 is 3.71. The third-order valence-electron chi connectivity index (χ3n) is 4.62. The van der Waals surface area contributed by atoms with Gasteiger partial charge in [0.05, 0.1) is 23.0 Å². The van der Waals surface area contributed by atoms with Gasteiger partial charge in [0.1, 0.15) is 0 Å². The van der Waals surface area contributed by atoms with Crippen molar-refractivity contribution >= 4 is 16.8 Å². The Morgan fingerprint density at radius 1 is 1.14 bits per heavy atom. The molecule has 4 rings (SSSR count). The van der Waals surface area contributed by atoms with Gasteiger partial charge >= 0.3 is 0 Å². The van der Waals surface area contributed by atoms with Crippen molar-refractivity contribution in [3.8, 4) is 11.3 Å². The van der Waals surface area contributed by atoms with Crippen LogP contribution in [0.3, 0.4) is 0 Å². The van der Waals surface area contributed by atoms with Gasteiger partial charge in [-0.1, -0.05) is 18.2 Å². The maximum atomic E-state index is 12.9. The molecule has 0 aliphatic heterocycles. The Balaban J connectivity index is 1.56.